The van der Waals surface area contributed by atoms with Crippen LogP contribution in [0.3, 0.4) is 0 Å². The van der Waals surface area contributed by atoms with Gasteiger partial charge in [0.25, 0.3) is 17.1 Å². The van der Waals surface area contributed by atoms with Gasteiger partial charge in [-0.2, -0.15) is 0 Å². The van der Waals surface area contributed by atoms with E-state index in [2.05, 4.69) is 11.2 Å². The molecule has 0 saturated carbocycles. The van der Waals surface area contributed by atoms with Gasteiger partial charge in [-0.15, -0.1) is 6.42 Å². The van der Waals surface area contributed by atoms with Gasteiger partial charge in [0.2, 0.25) is 0 Å². The van der Waals surface area contributed by atoms with E-state index >= 15 is 0 Å². The third-order valence-electron chi connectivity index (χ3n) is 4.04. The van der Waals surface area contributed by atoms with Gasteiger partial charge < -0.3 is 14.8 Å². The number of carbonyl (C=O) groups excluding carboxylic acids is 3. The van der Waals surface area contributed by atoms with Crippen LogP contribution in [-0.4, -0.2) is 42.2 Å². The number of para-hydroxylation sites is 2. The fourth-order valence-electron chi connectivity index (χ4n) is 2.69. The largest absolute Gasteiger partial charge is 0.493 e. The van der Waals surface area contributed by atoms with Crippen LogP contribution in [0.2, 0.25) is 0 Å². The number of hydrogen-bond donors (Lipinski definition) is 1. The van der Waals surface area contributed by atoms with Crippen molar-refractivity contribution in [3.05, 3.63) is 59.0 Å². The number of imide groups is 1. The van der Waals surface area contributed by atoms with Gasteiger partial charge in [0, 0.05) is 11.3 Å². The third kappa shape index (κ3) is 4.82. The number of methoxy groups -OCH3 is 1. The zero-order valence-electron chi connectivity index (χ0n) is 16.1. The van der Waals surface area contributed by atoms with Gasteiger partial charge in [0.15, 0.2) is 18.1 Å². The first-order valence-corrected chi connectivity index (χ1v) is 9.68. The predicted molar refractivity (Wildman–Crippen MR) is 115 cm³/mol. The topological polar surface area (TPSA) is 84.9 Å². The Balaban J connectivity index is 1.80. The standard InChI is InChI=1S/C22H18N2O5S/c1-3-12-24-21(26)18(30-22(24)27)13-15-8-7-11-17(28-2)20(15)29-14-19(25)23-16-9-5-4-6-10-16/h1,4-11,13H,12,14H2,2H3,(H,23,25)/b18-13+. The van der Waals surface area contributed by atoms with E-state index in [0.717, 1.165) is 16.7 Å². The summed E-state index contributed by atoms with van der Waals surface area (Å²) in [6.07, 6.45) is 6.74. The minimum Gasteiger partial charge on any atom is -0.493 e. The molecular formula is C22H18N2O5S. The summed E-state index contributed by atoms with van der Waals surface area (Å²) in [5, 5.41) is 2.29. The number of nitrogens with zero attached hydrogens (tertiary/aromatic N) is 1. The maximum absolute atomic E-state index is 12.4. The number of thioether (sulfide) groups is 1. The molecule has 30 heavy (non-hydrogen) atoms. The molecule has 0 aromatic heterocycles. The average molecular weight is 422 g/mol. The number of nitrogens with one attached hydrogen (secondary N) is 1. The summed E-state index contributed by atoms with van der Waals surface area (Å²) in [5.74, 6) is 2.14. The Hall–Kier alpha value is -3.70. The quantitative estimate of drug-likeness (QED) is 0.544. The molecule has 1 aliphatic rings. The number of hydrogen-bond acceptors (Lipinski definition) is 6. The van der Waals surface area contributed by atoms with E-state index in [1.54, 1.807) is 30.3 Å². The van der Waals surface area contributed by atoms with E-state index in [9.17, 15) is 14.4 Å². The molecule has 3 rings (SSSR count). The molecule has 3 amide bonds. The lowest BCUT2D eigenvalue weighted by atomic mass is 10.1. The molecule has 2 aromatic carbocycles. The van der Waals surface area contributed by atoms with Crippen molar-refractivity contribution in [1.82, 2.24) is 4.90 Å². The van der Waals surface area contributed by atoms with Crippen LogP contribution in [0.5, 0.6) is 11.5 Å². The van der Waals surface area contributed by atoms with Crippen molar-refractivity contribution in [3.8, 4) is 23.8 Å². The highest BCUT2D eigenvalue weighted by atomic mass is 32.2. The Morgan fingerprint density at radius 3 is 2.67 bits per heavy atom. The third-order valence-corrected chi connectivity index (χ3v) is 4.95. The zero-order chi connectivity index (χ0) is 21.5. The second-order valence-corrected chi connectivity index (χ2v) is 7.05. The van der Waals surface area contributed by atoms with Crippen LogP contribution in [-0.2, 0) is 9.59 Å². The Morgan fingerprint density at radius 1 is 1.20 bits per heavy atom. The van der Waals surface area contributed by atoms with Crippen LogP contribution in [0.25, 0.3) is 6.08 Å². The maximum atomic E-state index is 12.4. The highest BCUT2D eigenvalue weighted by Crippen LogP contribution is 2.37. The molecular weight excluding hydrogens is 404 g/mol. The van der Waals surface area contributed by atoms with E-state index in [-0.39, 0.29) is 29.7 Å². The molecule has 0 unspecified atom stereocenters. The predicted octanol–water partition coefficient (Wildman–Crippen LogP) is 3.38. The van der Waals surface area contributed by atoms with E-state index in [1.165, 1.54) is 13.2 Å². The smallest absolute Gasteiger partial charge is 0.294 e. The van der Waals surface area contributed by atoms with Crippen LogP contribution in [0, 0.1) is 12.3 Å². The lowest BCUT2D eigenvalue weighted by molar-refractivity contribution is -0.122. The van der Waals surface area contributed by atoms with Gasteiger partial charge in [-0.3, -0.25) is 19.3 Å². The van der Waals surface area contributed by atoms with Crippen molar-refractivity contribution in [3.63, 3.8) is 0 Å². The van der Waals surface area contributed by atoms with Crippen LogP contribution in [0.4, 0.5) is 10.5 Å². The van der Waals surface area contributed by atoms with E-state index in [0.29, 0.717) is 17.0 Å². The molecule has 0 aliphatic carbocycles. The molecule has 1 saturated heterocycles. The Labute approximate surface area is 178 Å². The lowest BCUT2D eigenvalue weighted by Crippen LogP contribution is -2.28. The summed E-state index contributed by atoms with van der Waals surface area (Å²) >= 11 is 0.792. The molecule has 152 valence electrons. The SMILES string of the molecule is C#CCN1C(=O)S/C(=C/c2cccc(OC)c2OCC(=O)Nc2ccccc2)C1=O. The van der Waals surface area contributed by atoms with E-state index in [4.69, 9.17) is 15.9 Å². The fraction of sp³-hybridized carbons (Fsp3) is 0.136. The van der Waals surface area contributed by atoms with Gasteiger partial charge in [0.05, 0.1) is 18.6 Å². The fourth-order valence-corrected chi connectivity index (χ4v) is 3.52. The van der Waals surface area contributed by atoms with Gasteiger partial charge in [-0.05, 0) is 36.0 Å². The molecule has 2 aromatic rings. The Bertz CT molecular complexity index is 1040. The highest BCUT2D eigenvalue weighted by molar-refractivity contribution is 8.18. The number of ether oxygens (including phenoxy) is 2. The highest BCUT2D eigenvalue weighted by Gasteiger charge is 2.34. The van der Waals surface area contributed by atoms with Crippen molar-refractivity contribution >= 4 is 40.6 Å². The number of carbonyl (C=O) groups is 3. The summed E-state index contributed by atoms with van der Waals surface area (Å²) < 4.78 is 11.0. The van der Waals surface area contributed by atoms with Crippen LogP contribution < -0.4 is 14.8 Å². The summed E-state index contributed by atoms with van der Waals surface area (Å²) in [6.45, 7) is -0.363. The zero-order valence-corrected chi connectivity index (χ0v) is 16.9. The molecule has 1 fully saturated rings. The van der Waals surface area contributed by atoms with Gasteiger partial charge in [-0.1, -0.05) is 36.3 Å². The second kappa shape index (κ2) is 9.67. The summed E-state index contributed by atoms with van der Waals surface area (Å²) in [6, 6.07) is 14.1. The van der Waals surface area contributed by atoms with Gasteiger partial charge in [-0.25, -0.2) is 0 Å². The number of benzene rings is 2. The van der Waals surface area contributed by atoms with E-state index in [1.807, 2.05) is 18.2 Å². The van der Waals surface area contributed by atoms with Crippen molar-refractivity contribution in [2.45, 2.75) is 0 Å². The Morgan fingerprint density at radius 2 is 1.97 bits per heavy atom. The monoisotopic (exact) mass is 422 g/mol. The molecule has 0 bridgehead atoms. The molecule has 0 atom stereocenters. The summed E-state index contributed by atoms with van der Waals surface area (Å²) in [5.41, 5.74) is 1.14. The molecule has 8 heteroatoms. The van der Waals surface area contributed by atoms with Crippen molar-refractivity contribution in [2.75, 3.05) is 25.6 Å². The summed E-state index contributed by atoms with van der Waals surface area (Å²) in [4.78, 5) is 37.9. The van der Waals surface area contributed by atoms with Crippen LogP contribution in [0.1, 0.15) is 5.56 Å². The minimum absolute atomic E-state index is 0.0941. The van der Waals surface area contributed by atoms with Crippen molar-refractivity contribution in [2.24, 2.45) is 0 Å². The molecule has 1 heterocycles. The second-order valence-electron chi connectivity index (χ2n) is 6.05. The molecule has 1 aliphatic heterocycles. The molecule has 7 nitrogen and oxygen atoms in total. The first-order chi connectivity index (χ1) is 14.5. The number of rotatable bonds is 7. The lowest BCUT2D eigenvalue weighted by Gasteiger charge is -2.14. The average Bonchev–Trinajstić information content (AvgIpc) is 3.01. The van der Waals surface area contributed by atoms with Crippen molar-refractivity contribution < 1.29 is 23.9 Å². The van der Waals surface area contributed by atoms with Gasteiger partial charge in [0.1, 0.15) is 0 Å². The van der Waals surface area contributed by atoms with Crippen LogP contribution in [0.15, 0.2) is 53.4 Å². The summed E-state index contributed by atoms with van der Waals surface area (Å²) in [7, 11) is 1.47. The van der Waals surface area contributed by atoms with Crippen LogP contribution >= 0.6 is 11.8 Å². The Kier molecular flexibility index (Phi) is 6.78. The minimum atomic E-state index is -0.474. The van der Waals surface area contributed by atoms with E-state index < -0.39 is 11.1 Å². The first kappa shape index (κ1) is 21.0. The van der Waals surface area contributed by atoms with Gasteiger partial charge >= 0.3 is 0 Å². The molecule has 0 spiro atoms. The number of terminal acetylenes is 1. The number of anilines is 1. The maximum Gasteiger partial charge on any atom is 0.294 e. The normalized spacial score (nSPS) is 14.5. The van der Waals surface area contributed by atoms with Crippen molar-refractivity contribution in [1.29, 1.82) is 0 Å². The first-order valence-electron chi connectivity index (χ1n) is 8.87. The molecule has 1 N–H and O–H groups in total. The number of amides is 3. The molecule has 0 radical (unpaired) electrons.